The van der Waals surface area contributed by atoms with Gasteiger partial charge in [-0.15, -0.1) is 0 Å². The summed E-state index contributed by atoms with van der Waals surface area (Å²) >= 11 is 6.33. The molecule has 6 atom stereocenters. The lowest BCUT2D eigenvalue weighted by atomic mass is 9.78. The lowest BCUT2D eigenvalue weighted by molar-refractivity contribution is -0.159. The minimum atomic E-state index is -0.574. The van der Waals surface area contributed by atoms with E-state index in [1.54, 1.807) is 7.11 Å². The van der Waals surface area contributed by atoms with Gasteiger partial charge in [-0.2, -0.15) is 0 Å². The van der Waals surface area contributed by atoms with Gasteiger partial charge < -0.3 is 18.9 Å². The number of epoxide rings is 1. The second-order valence-electron chi connectivity index (χ2n) is 5.65. The third-order valence-corrected chi connectivity index (χ3v) is 4.69. The monoisotopic (exact) mass is 262 g/mol. The number of methoxy groups -OCH3 is 1. The second-order valence-corrected chi connectivity index (χ2v) is 6.24. The predicted molar refractivity (Wildman–Crippen MR) is 61.9 cm³/mol. The molecular formula is C12H19ClO4. The second kappa shape index (κ2) is 3.58. The molecule has 2 aliphatic heterocycles. The summed E-state index contributed by atoms with van der Waals surface area (Å²) in [5.41, 5.74) is 0. The molecule has 1 saturated carbocycles. The van der Waals surface area contributed by atoms with Crippen molar-refractivity contribution in [2.24, 2.45) is 5.92 Å². The van der Waals surface area contributed by atoms with Crippen molar-refractivity contribution in [1.29, 1.82) is 0 Å². The molecular weight excluding hydrogens is 244 g/mol. The average molecular weight is 263 g/mol. The van der Waals surface area contributed by atoms with Gasteiger partial charge in [-0.1, -0.05) is 11.6 Å². The van der Waals surface area contributed by atoms with Crippen LogP contribution in [0.2, 0.25) is 0 Å². The summed E-state index contributed by atoms with van der Waals surface area (Å²) in [6, 6.07) is 0. The Kier molecular flexibility index (Phi) is 2.56. The molecule has 0 aromatic rings. The van der Waals surface area contributed by atoms with Crippen molar-refractivity contribution in [3.8, 4) is 0 Å². The maximum atomic E-state index is 6.33. The molecule has 3 fully saturated rings. The van der Waals surface area contributed by atoms with E-state index in [1.165, 1.54) is 0 Å². The molecule has 0 amide bonds. The number of halogens is 1. The van der Waals surface area contributed by atoms with Gasteiger partial charge in [0.2, 0.25) is 0 Å². The SMILES string of the molecule is COC(C)C1OC(C)(C)OC1[C@H]1CC2OC21Cl. The maximum Gasteiger partial charge on any atom is 0.173 e. The number of hydrogen-bond acceptors (Lipinski definition) is 4. The first-order valence-corrected chi connectivity index (χ1v) is 6.50. The first-order valence-electron chi connectivity index (χ1n) is 6.12. The zero-order valence-corrected chi connectivity index (χ0v) is 11.4. The highest BCUT2D eigenvalue weighted by Crippen LogP contribution is 2.63. The standard InChI is InChI=1S/C12H19ClO4/c1-6(14-4)9-10(17-11(2,3)16-9)7-5-8-12(7,13)15-8/h6-10H,5H2,1-4H3/t6?,7-,8?,9?,10?,12?/m1/s1. The smallest absolute Gasteiger partial charge is 0.173 e. The van der Waals surface area contributed by atoms with Gasteiger partial charge in [0.15, 0.2) is 10.8 Å². The minimum absolute atomic E-state index is 0.0140. The van der Waals surface area contributed by atoms with Gasteiger partial charge in [0, 0.05) is 13.0 Å². The topological polar surface area (TPSA) is 40.2 Å². The highest BCUT2D eigenvalue weighted by atomic mass is 35.5. The Hall–Kier alpha value is 0.130. The van der Waals surface area contributed by atoms with E-state index in [0.717, 1.165) is 6.42 Å². The summed E-state index contributed by atoms with van der Waals surface area (Å²) in [6.45, 7) is 5.84. The third kappa shape index (κ3) is 1.73. The van der Waals surface area contributed by atoms with Crippen LogP contribution in [0, 0.1) is 5.92 Å². The van der Waals surface area contributed by atoms with E-state index in [-0.39, 0.29) is 30.3 Å². The van der Waals surface area contributed by atoms with Gasteiger partial charge in [-0.25, -0.2) is 0 Å². The molecule has 5 heteroatoms. The first kappa shape index (κ1) is 12.2. The highest BCUT2D eigenvalue weighted by Gasteiger charge is 2.74. The van der Waals surface area contributed by atoms with Crippen LogP contribution in [-0.2, 0) is 18.9 Å². The molecule has 0 radical (unpaired) electrons. The molecule has 0 aromatic carbocycles. The molecule has 2 saturated heterocycles. The lowest BCUT2D eigenvalue weighted by Crippen LogP contribution is -2.48. The quantitative estimate of drug-likeness (QED) is 0.575. The molecule has 0 aromatic heterocycles. The number of alkyl halides is 1. The average Bonchev–Trinajstić information content (AvgIpc) is 2.64. The Balaban J connectivity index is 1.77. The lowest BCUT2D eigenvalue weighted by Gasteiger charge is -2.34. The van der Waals surface area contributed by atoms with Crippen LogP contribution in [0.4, 0.5) is 0 Å². The van der Waals surface area contributed by atoms with Crippen LogP contribution in [0.1, 0.15) is 27.2 Å². The van der Waals surface area contributed by atoms with Gasteiger partial charge in [-0.05, 0) is 27.2 Å². The predicted octanol–water partition coefficient (Wildman–Crippen LogP) is 1.90. The number of hydrogen-bond donors (Lipinski definition) is 0. The van der Waals surface area contributed by atoms with Crippen LogP contribution in [0.3, 0.4) is 0 Å². The summed E-state index contributed by atoms with van der Waals surface area (Å²) < 4.78 is 22.7. The van der Waals surface area contributed by atoms with E-state index in [0.29, 0.717) is 0 Å². The van der Waals surface area contributed by atoms with E-state index < -0.39 is 10.8 Å². The Morgan fingerprint density at radius 2 is 2.00 bits per heavy atom. The summed E-state index contributed by atoms with van der Waals surface area (Å²) in [7, 11) is 1.68. The molecule has 3 rings (SSSR count). The van der Waals surface area contributed by atoms with E-state index >= 15 is 0 Å². The first-order chi connectivity index (χ1) is 7.87. The fraction of sp³-hybridized carbons (Fsp3) is 1.00. The highest BCUT2D eigenvalue weighted by molar-refractivity contribution is 6.26. The Bertz CT molecular complexity index is 334. The molecule has 0 spiro atoms. The number of fused-ring (bicyclic) bond motifs is 1. The molecule has 98 valence electrons. The van der Waals surface area contributed by atoms with Crippen molar-refractivity contribution >= 4 is 11.6 Å². The zero-order chi connectivity index (χ0) is 12.4. The largest absolute Gasteiger partial charge is 0.379 e. The number of ether oxygens (including phenoxy) is 4. The molecule has 17 heavy (non-hydrogen) atoms. The summed E-state index contributed by atoms with van der Waals surface area (Å²) in [5.74, 6) is -0.367. The Morgan fingerprint density at radius 1 is 1.29 bits per heavy atom. The fourth-order valence-corrected chi connectivity index (χ4v) is 3.34. The molecule has 0 bridgehead atoms. The van der Waals surface area contributed by atoms with Crippen LogP contribution >= 0.6 is 11.6 Å². The Morgan fingerprint density at radius 3 is 2.47 bits per heavy atom. The van der Waals surface area contributed by atoms with E-state index in [4.69, 9.17) is 30.5 Å². The van der Waals surface area contributed by atoms with Crippen molar-refractivity contribution in [2.45, 2.75) is 62.5 Å². The van der Waals surface area contributed by atoms with Crippen molar-refractivity contribution < 1.29 is 18.9 Å². The van der Waals surface area contributed by atoms with Crippen LogP contribution in [0.25, 0.3) is 0 Å². The molecule has 1 aliphatic carbocycles. The minimum Gasteiger partial charge on any atom is -0.379 e. The summed E-state index contributed by atoms with van der Waals surface area (Å²) in [6.07, 6.45) is 1.04. The van der Waals surface area contributed by atoms with E-state index in [1.807, 2.05) is 20.8 Å². The molecule has 3 aliphatic rings. The maximum absolute atomic E-state index is 6.33. The van der Waals surface area contributed by atoms with Crippen molar-refractivity contribution in [3.63, 3.8) is 0 Å². The fourth-order valence-electron chi connectivity index (χ4n) is 2.93. The van der Waals surface area contributed by atoms with Gasteiger partial charge in [-0.3, -0.25) is 0 Å². The Labute approximate surface area is 106 Å². The molecule has 5 unspecified atom stereocenters. The molecule has 4 nitrogen and oxygen atoms in total. The normalized spacial score (nSPS) is 52.8. The van der Waals surface area contributed by atoms with Gasteiger partial charge >= 0.3 is 0 Å². The van der Waals surface area contributed by atoms with Crippen LogP contribution in [0.5, 0.6) is 0 Å². The van der Waals surface area contributed by atoms with Crippen LogP contribution in [-0.4, -0.2) is 42.4 Å². The molecule has 2 heterocycles. The van der Waals surface area contributed by atoms with Gasteiger partial charge in [0.25, 0.3) is 0 Å². The van der Waals surface area contributed by atoms with Crippen LogP contribution in [0.15, 0.2) is 0 Å². The van der Waals surface area contributed by atoms with Crippen molar-refractivity contribution in [3.05, 3.63) is 0 Å². The van der Waals surface area contributed by atoms with Crippen LogP contribution < -0.4 is 0 Å². The van der Waals surface area contributed by atoms with Crippen molar-refractivity contribution in [2.75, 3.05) is 7.11 Å². The zero-order valence-electron chi connectivity index (χ0n) is 10.6. The van der Waals surface area contributed by atoms with E-state index in [9.17, 15) is 0 Å². The van der Waals surface area contributed by atoms with Gasteiger partial charge in [0.1, 0.15) is 12.2 Å². The third-order valence-electron chi connectivity index (χ3n) is 4.07. The summed E-state index contributed by atoms with van der Waals surface area (Å²) in [5, 5.41) is -0.486. The van der Waals surface area contributed by atoms with Crippen molar-refractivity contribution in [1.82, 2.24) is 0 Å². The molecule has 0 N–H and O–H groups in total. The van der Waals surface area contributed by atoms with E-state index in [2.05, 4.69) is 0 Å². The number of rotatable bonds is 3. The van der Waals surface area contributed by atoms with Gasteiger partial charge in [0.05, 0.1) is 12.2 Å². The summed E-state index contributed by atoms with van der Waals surface area (Å²) in [4.78, 5) is 0.